The van der Waals surface area contributed by atoms with Gasteiger partial charge in [0.25, 0.3) is 17.7 Å². The number of amides is 2. The lowest BCUT2D eigenvalue weighted by molar-refractivity contribution is 0.0786. The van der Waals surface area contributed by atoms with E-state index in [2.05, 4.69) is 10.1 Å². The van der Waals surface area contributed by atoms with Crippen LogP contribution in [0.1, 0.15) is 39.4 Å². The van der Waals surface area contributed by atoms with Crippen molar-refractivity contribution in [3.8, 4) is 23.0 Å². The summed E-state index contributed by atoms with van der Waals surface area (Å²) in [5.41, 5.74) is 1.86. The maximum Gasteiger partial charge on any atom is 0.257 e. The first kappa shape index (κ1) is 23.3. The van der Waals surface area contributed by atoms with Gasteiger partial charge in [-0.15, -0.1) is 0 Å². The zero-order valence-electron chi connectivity index (χ0n) is 19.6. The molecule has 1 aliphatic rings. The van der Waals surface area contributed by atoms with Crippen molar-refractivity contribution >= 4 is 11.8 Å². The van der Waals surface area contributed by atoms with Gasteiger partial charge in [-0.3, -0.25) is 9.59 Å². The summed E-state index contributed by atoms with van der Waals surface area (Å²) in [4.78, 5) is 33.2. The summed E-state index contributed by atoms with van der Waals surface area (Å²) < 4.78 is 15.9. The molecule has 9 nitrogen and oxygen atoms in total. The van der Waals surface area contributed by atoms with Crippen LogP contribution in [0.25, 0.3) is 11.5 Å². The lowest BCUT2D eigenvalue weighted by Crippen LogP contribution is -2.29. The van der Waals surface area contributed by atoms with E-state index in [1.807, 2.05) is 17.0 Å². The molecule has 0 saturated carbocycles. The van der Waals surface area contributed by atoms with Crippen molar-refractivity contribution in [1.29, 1.82) is 0 Å². The molecule has 34 heavy (non-hydrogen) atoms. The number of carbonyl (C=O) groups excluding carboxylic acids is 2. The van der Waals surface area contributed by atoms with Crippen LogP contribution in [0.4, 0.5) is 0 Å². The number of methoxy groups -OCH3 is 2. The lowest BCUT2D eigenvalue weighted by Gasteiger charge is -2.17. The summed E-state index contributed by atoms with van der Waals surface area (Å²) in [6.45, 7) is 2.03. The van der Waals surface area contributed by atoms with Crippen LogP contribution in [0.2, 0.25) is 0 Å². The first-order valence-electron chi connectivity index (χ1n) is 11.2. The third-order valence-electron chi connectivity index (χ3n) is 5.86. The average Bonchev–Trinajstić information content (AvgIpc) is 3.59. The van der Waals surface area contributed by atoms with E-state index in [-0.39, 0.29) is 11.8 Å². The van der Waals surface area contributed by atoms with E-state index in [1.54, 1.807) is 56.5 Å². The minimum atomic E-state index is -0.167. The Balaban J connectivity index is 1.36. The maximum absolute atomic E-state index is 12.8. The van der Waals surface area contributed by atoms with Gasteiger partial charge in [0.05, 0.1) is 14.2 Å². The highest BCUT2D eigenvalue weighted by Crippen LogP contribution is 2.24. The molecule has 0 radical (unpaired) electrons. The number of carbonyl (C=O) groups is 2. The second-order valence-corrected chi connectivity index (χ2v) is 8.17. The van der Waals surface area contributed by atoms with Gasteiger partial charge in [0.1, 0.15) is 11.5 Å². The van der Waals surface area contributed by atoms with Crippen LogP contribution in [0.3, 0.4) is 0 Å². The molecule has 178 valence electrons. The molecule has 2 aromatic carbocycles. The number of benzene rings is 2. The Hall–Kier alpha value is -3.88. The number of likely N-dealkylation sites (tertiary alicyclic amines) is 1. The highest BCUT2D eigenvalue weighted by Gasteiger charge is 2.20. The van der Waals surface area contributed by atoms with Crippen LogP contribution in [0.5, 0.6) is 11.5 Å². The van der Waals surface area contributed by atoms with E-state index in [4.69, 9.17) is 14.0 Å². The molecule has 0 spiro atoms. The Morgan fingerprint density at radius 2 is 1.65 bits per heavy atom. The van der Waals surface area contributed by atoms with Crippen LogP contribution in [-0.4, -0.2) is 72.7 Å². The SMILES string of the molecule is COc1cc(OC)cc(C(=O)N(C)CCc2noc(-c3ccc(C(=O)N4CCCC4)cc3)n2)c1. The fourth-order valence-electron chi connectivity index (χ4n) is 3.85. The molecule has 0 unspecified atom stereocenters. The van der Waals surface area contributed by atoms with Gasteiger partial charge < -0.3 is 23.8 Å². The van der Waals surface area contributed by atoms with Gasteiger partial charge in [0, 0.05) is 55.9 Å². The molecular weight excluding hydrogens is 436 g/mol. The second kappa shape index (κ2) is 10.4. The lowest BCUT2D eigenvalue weighted by atomic mass is 10.1. The van der Waals surface area contributed by atoms with Crippen molar-refractivity contribution in [3.63, 3.8) is 0 Å². The zero-order chi connectivity index (χ0) is 24.1. The molecule has 3 aromatic rings. The Morgan fingerprint density at radius 3 is 2.26 bits per heavy atom. The van der Waals surface area contributed by atoms with Crippen molar-refractivity contribution in [1.82, 2.24) is 19.9 Å². The smallest absolute Gasteiger partial charge is 0.257 e. The number of hydrogen-bond donors (Lipinski definition) is 0. The number of rotatable bonds is 8. The Morgan fingerprint density at radius 1 is 1.00 bits per heavy atom. The van der Waals surface area contributed by atoms with E-state index in [1.165, 1.54) is 0 Å². The maximum atomic E-state index is 12.8. The molecule has 1 aliphatic heterocycles. The molecule has 0 bridgehead atoms. The van der Waals surface area contributed by atoms with Gasteiger partial charge in [0.2, 0.25) is 0 Å². The van der Waals surface area contributed by atoms with Gasteiger partial charge in [0.15, 0.2) is 5.82 Å². The summed E-state index contributed by atoms with van der Waals surface area (Å²) in [6, 6.07) is 12.3. The number of likely N-dealkylation sites (N-methyl/N-ethyl adjacent to an activating group) is 1. The first-order chi connectivity index (χ1) is 16.5. The van der Waals surface area contributed by atoms with E-state index >= 15 is 0 Å². The Bertz CT molecular complexity index is 1130. The highest BCUT2D eigenvalue weighted by atomic mass is 16.5. The van der Waals surface area contributed by atoms with Crippen molar-refractivity contribution in [2.45, 2.75) is 19.3 Å². The van der Waals surface area contributed by atoms with Gasteiger partial charge in [-0.05, 0) is 49.2 Å². The van der Waals surface area contributed by atoms with E-state index < -0.39 is 0 Å². The summed E-state index contributed by atoms with van der Waals surface area (Å²) >= 11 is 0. The molecule has 2 amide bonds. The third-order valence-corrected chi connectivity index (χ3v) is 5.86. The van der Waals surface area contributed by atoms with Gasteiger partial charge in [-0.25, -0.2) is 0 Å². The molecule has 0 atom stereocenters. The van der Waals surface area contributed by atoms with E-state index in [0.717, 1.165) is 31.5 Å². The molecule has 2 heterocycles. The molecule has 0 aliphatic carbocycles. The van der Waals surface area contributed by atoms with Gasteiger partial charge in [-0.1, -0.05) is 5.16 Å². The van der Waals surface area contributed by atoms with Crippen molar-refractivity contribution in [2.75, 3.05) is 40.9 Å². The van der Waals surface area contributed by atoms with Crippen LogP contribution >= 0.6 is 0 Å². The van der Waals surface area contributed by atoms with Crippen molar-refractivity contribution in [2.24, 2.45) is 0 Å². The van der Waals surface area contributed by atoms with Crippen LogP contribution in [0, 0.1) is 0 Å². The quantitative estimate of drug-likeness (QED) is 0.504. The Kier molecular flexibility index (Phi) is 7.10. The fraction of sp³-hybridized carbons (Fsp3) is 0.360. The van der Waals surface area contributed by atoms with Gasteiger partial charge in [-0.2, -0.15) is 4.98 Å². The number of nitrogens with zero attached hydrogens (tertiary/aromatic N) is 4. The summed E-state index contributed by atoms with van der Waals surface area (Å²) in [5.74, 6) is 1.85. The Labute approximate surface area is 198 Å². The molecule has 9 heteroatoms. The first-order valence-corrected chi connectivity index (χ1v) is 11.2. The molecule has 0 N–H and O–H groups in total. The zero-order valence-corrected chi connectivity index (χ0v) is 19.6. The monoisotopic (exact) mass is 464 g/mol. The topological polar surface area (TPSA) is 98.0 Å². The van der Waals surface area contributed by atoms with E-state index in [9.17, 15) is 9.59 Å². The second-order valence-electron chi connectivity index (χ2n) is 8.17. The highest BCUT2D eigenvalue weighted by molar-refractivity contribution is 5.95. The minimum Gasteiger partial charge on any atom is -0.497 e. The molecule has 1 fully saturated rings. The van der Waals surface area contributed by atoms with Crippen LogP contribution < -0.4 is 9.47 Å². The minimum absolute atomic E-state index is 0.0524. The summed E-state index contributed by atoms with van der Waals surface area (Å²) in [5, 5.41) is 4.03. The number of hydrogen-bond acceptors (Lipinski definition) is 7. The molecule has 1 saturated heterocycles. The largest absolute Gasteiger partial charge is 0.497 e. The van der Waals surface area contributed by atoms with E-state index in [0.29, 0.717) is 47.3 Å². The van der Waals surface area contributed by atoms with Crippen LogP contribution in [0.15, 0.2) is 47.0 Å². The summed E-state index contributed by atoms with van der Waals surface area (Å²) in [7, 11) is 4.80. The van der Waals surface area contributed by atoms with Gasteiger partial charge >= 0.3 is 0 Å². The number of aromatic nitrogens is 2. The summed E-state index contributed by atoms with van der Waals surface area (Å²) in [6.07, 6.45) is 2.55. The molecule has 4 rings (SSSR count). The normalized spacial score (nSPS) is 13.1. The van der Waals surface area contributed by atoms with Crippen LogP contribution in [-0.2, 0) is 6.42 Å². The predicted octanol–water partition coefficient (Wildman–Crippen LogP) is 3.30. The standard InChI is InChI=1S/C25H28N4O5/c1-28(24(30)19-14-20(32-2)16-21(15-19)33-3)13-10-22-26-23(34-27-22)17-6-8-18(9-7-17)25(31)29-11-4-5-12-29/h6-9,14-16H,4-5,10-13H2,1-3H3. The molecule has 1 aromatic heterocycles. The molecular formula is C25H28N4O5. The van der Waals surface area contributed by atoms with Crippen molar-refractivity contribution in [3.05, 3.63) is 59.4 Å². The third kappa shape index (κ3) is 5.19. The number of ether oxygens (including phenoxy) is 2. The predicted molar refractivity (Wildman–Crippen MR) is 125 cm³/mol. The average molecular weight is 465 g/mol. The van der Waals surface area contributed by atoms with Crippen molar-refractivity contribution < 1.29 is 23.6 Å². The fourth-order valence-corrected chi connectivity index (χ4v) is 3.85.